The zero-order valence-electron chi connectivity index (χ0n) is 9.89. The van der Waals surface area contributed by atoms with Gasteiger partial charge >= 0.3 is 6.01 Å². The van der Waals surface area contributed by atoms with E-state index in [4.69, 9.17) is 4.52 Å². The van der Waals surface area contributed by atoms with Gasteiger partial charge < -0.3 is 14.5 Å². The molecule has 1 N–H and O–H groups in total. The Morgan fingerprint density at radius 2 is 2.19 bits per heavy atom. The number of aliphatic hydroxyl groups is 1. The van der Waals surface area contributed by atoms with Crippen LogP contribution >= 0.6 is 0 Å². The minimum Gasteiger partial charge on any atom is -0.393 e. The van der Waals surface area contributed by atoms with Crippen LogP contribution in [-0.4, -0.2) is 34.4 Å². The van der Waals surface area contributed by atoms with Gasteiger partial charge in [0.05, 0.1) is 6.10 Å². The van der Waals surface area contributed by atoms with E-state index in [0.717, 1.165) is 38.2 Å². The number of hydrogen-bond donors (Lipinski definition) is 1. The molecule has 0 aliphatic carbocycles. The third-order valence-corrected chi connectivity index (χ3v) is 3.27. The summed E-state index contributed by atoms with van der Waals surface area (Å²) in [6, 6.07) is 0.626. The van der Waals surface area contributed by atoms with Crippen molar-refractivity contribution in [3.63, 3.8) is 0 Å². The van der Waals surface area contributed by atoms with E-state index in [1.807, 2.05) is 13.8 Å². The molecule has 1 fully saturated rings. The number of aliphatic hydroxyl groups excluding tert-OH is 1. The SMILES string of the molecule is CCc1noc(N2CCC([C@@H](C)O)CC2)n1. The fraction of sp³-hybridized carbons (Fsp3) is 0.818. The van der Waals surface area contributed by atoms with Crippen LogP contribution in [0.15, 0.2) is 4.52 Å². The van der Waals surface area contributed by atoms with Gasteiger partial charge in [-0.2, -0.15) is 4.98 Å². The van der Waals surface area contributed by atoms with Crippen molar-refractivity contribution >= 4 is 6.01 Å². The van der Waals surface area contributed by atoms with Crippen molar-refractivity contribution in [2.24, 2.45) is 5.92 Å². The van der Waals surface area contributed by atoms with Crippen LogP contribution in [0.25, 0.3) is 0 Å². The molecule has 90 valence electrons. The Hall–Kier alpha value is -1.10. The Kier molecular flexibility index (Phi) is 3.43. The molecule has 5 nitrogen and oxygen atoms in total. The lowest BCUT2D eigenvalue weighted by Crippen LogP contribution is -2.37. The molecule has 1 aromatic rings. The molecule has 0 saturated carbocycles. The lowest BCUT2D eigenvalue weighted by Gasteiger charge is -2.31. The van der Waals surface area contributed by atoms with Crippen LogP contribution in [0.4, 0.5) is 6.01 Å². The predicted octanol–water partition coefficient (Wildman–Crippen LogP) is 1.23. The maximum Gasteiger partial charge on any atom is 0.324 e. The molecule has 2 rings (SSSR count). The van der Waals surface area contributed by atoms with Crippen molar-refractivity contribution in [2.45, 2.75) is 39.2 Å². The number of rotatable bonds is 3. The third kappa shape index (κ3) is 2.35. The Bertz CT molecular complexity index is 330. The second-order valence-corrected chi connectivity index (χ2v) is 4.41. The third-order valence-electron chi connectivity index (χ3n) is 3.27. The van der Waals surface area contributed by atoms with E-state index < -0.39 is 0 Å². The van der Waals surface area contributed by atoms with Gasteiger partial charge in [-0.1, -0.05) is 12.1 Å². The standard InChI is InChI=1S/C11H19N3O2/c1-3-10-12-11(16-13-10)14-6-4-9(5-7-14)8(2)15/h8-9,15H,3-7H2,1-2H3/t8-/m1/s1. The minimum absolute atomic E-state index is 0.212. The molecule has 5 heteroatoms. The first-order chi connectivity index (χ1) is 7.70. The van der Waals surface area contributed by atoms with E-state index in [1.165, 1.54) is 0 Å². The zero-order chi connectivity index (χ0) is 11.5. The van der Waals surface area contributed by atoms with Crippen molar-refractivity contribution in [1.29, 1.82) is 0 Å². The lowest BCUT2D eigenvalue weighted by atomic mass is 9.92. The fourth-order valence-corrected chi connectivity index (χ4v) is 2.09. The molecule has 1 aromatic heterocycles. The topological polar surface area (TPSA) is 62.4 Å². The van der Waals surface area contributed by atoms with Gasteiger partial charge in [0.2, 0.25) is 0 Å². The monoisotopic (exact) mass is 225 g/mol. The summed E-state index contributed by atoms with van der Waals surface area (Å²) in [5, 5.41) is 13.4. The number of anilines is 1. The average molecular weight is 225 g/mol. The van der Waals surface area contributed by atoms with E-state index in [0.29, 0.717) is 11.9 Å². The number of piperidine rings is 1. The molecular weight excluding hydrogens is 206 g/mol. The maximum atomic E-state index is 9.51. The normalized spacial score (nSPS) is 20.1. The molecule has 2 heterocycles. The summed E-state index contributed by atoms with van der Waals surface area (Å²) in [6.07, 6.45) is 2.56. The zero-order valence-corrected chi connectivity index (χ0v) is 9.89. The Morgan fingerprint density at radius 3 is 2.69 bits per heavy atom. The van der Waals surface area contributed by atoms with Crippen LogP contribution in [0.3, 0.4) is 0 Å². The van der Waals surface area contributed by atoms with Gasteiger partial charge in [-0.25, -0.2) is 0 Å². The molecule has 1 aliphatic heterocycles. The van der Waals surface area contributed by atoms with Crippen LogP contribution in [0.2, 0.25) is 0 Å². The lowest BCUT2D eigenvalue weighted by molar-refractivity contribution is 0.109. The van der Waals surface area contributed by atoms with Gasteiger partial charge in [-0.3, -0.25) is 0 Å². The number of nitrogens with zero attached hydrogens (tertiary/aromatic N) is 3. The molecule has 1 saturated heterocycles. The first-order valence-corrected chi connectivity index (χ1v) is 5.96. The number of aromatic nitrogens is 2. The molecule has 0 radical (unpaired) electrons. The summed E-state index contributed by atoms with van der Waals surface area (Å²) in [7, 11) is 0. The molecular formula is C11H19N3O2. The highest BCUT2D eigenvalue weighted by Gasteiger charge is 2.25. The summed E-state index contributed by atoms with van der Waals surface area (Å²) in [5.74, 6) is 1.16. The second kappa shape index (κ2) is 4.82. The van der Waals surface area contributed by atoms with Crippen molar-refractivity contribution < 1.29 is 9.63 Å². The highest BCUT2D eigenvalue weighted by Crippen LogP contribution is 2.24. The van der Waals surface area contributed by atoms with Gasteiger partial charge in [-0.15, -0.1) is 0 Å². The molecule has 1 aliphatic rings. The van der Waals surface area contributed by atoms with Crippen molar-refractivity contribution in [3.05, 3.63) is 5.82 Å². The molecule has 0 amide bonds. The number of hydrogen-bond acceptors (Lipinski definition) is 5. The number of aryl methyl sites for hydroxylation is 1. The van der Waals surface area contributed by atoms with E-state index >= 15 is 0 Å². The van der Waals surface area contributed by atoms with E-state index in [2.05, 4.69) is 15.0 Å². The quantitative estimate of drug-likeness (QED) is 0.838. The van der Waals surface area contributed by atoms with Crippen LogP contribution in [0, 0.1) is 5.92 Å². The van der Waals surface area contributed by atoms with E-state index in [-0.39, 0.29) is 6.10 Å². The van der Waals surface area contributed by atoms with Crippen molar-refractivity contribution in [2.75, 3.05) is 18.0 Å². The van der Waals surface area contributed by atoms with Gasteiger partial charge in [0.15, 0.2) is 5.82 Å². The summed E-state index contributed by atoms with van der Waals surface area (Å²) in [6.45, 7) is 5.65. The Labute approximate surface area is 95.4 Å². The van der Waals surface area contributed by atoms with E-state index in [9.17, 15) is 5.11 Å². The largest absolute Gasteiger partial charge is 0.393 e. The molecule has 16 heavy (non-hydrogen) atoms. The Balaban J connectivity index is 1.93. The van der Waals surface area contributed by atoms with E-state index in [1.54, 1.807) is 0 Å². The molecule has 0 aromatic carbocycles. The average Bonchev–Trinajstić information content (AvgIpc) is 2.77. The predicted molar refractivity (Wildman–Crippen MR) is 60.3 cm³/mol. The van der Waals surface area contributed by atoms with Crippen LogP contribution in [-0.2, 0) is 6.42 Å². The molecule has 0 spiro atoms. The van der Waals surface area contributed by atoms with Crippen LogP contribution in [0.5, 0.6) is 0 Å². The van der Waals surface area contributed by atoms with Crippen LogP contribution in [0.1, 0.15) is 32.5 Å². The minimum atomic E-state index is -0.212. The van der Waals surface area contributed by atoms with Crippen molar-refractivity contribution in [1.82, 2.24) is 10.1 Å². The van der Waals surface area contributed by atoms with Gasteiger partial charge in [-0.05, 0) is 25.7 Å². The van der Waals surface area contributed by atoms with Crippen molar-refractivity contribution in [3.8, 4) is 0 Å². The second-order valence-electron chi connectivity index (χ2n) is 4.41. The smallest absolute Gasteiger partial charge is 0.324 e. The summed E-state index contributed by atoms with van der Waals surface area (Å²) >= 11 is 0. The highest BCUT2D eigenvalue weighted by atomic mass is 16.5. The fourth-order valence-electron chi connectivity index (χ4n) is 2.09. The van der Waals surface area contributed by atoms with Gasteiger partial charge in [0.1, 0.15) is 0 Å². The molecule has 0 unspecified atom stereocenters. The van der Waals surface area contributed by atoms with Crippen LogP contribution < -0.4 is 4.90 Å². The van der Waals surface area contributed by atoms with Gasteiger partial charge in [0.25, 0.3) is 0 Å². The molecule has 0 bridgehead atoms. The molecule has 1 atom stereocenters. The first kappa shape index (κ1) is 11.4. The Morgan fingerprint density at radius 1 is 1.50 bits per heavy atom. The first-order valence-electron chi connectivity index (χ1n) is 5.96. The summed E-state index contributed by atoms with van der Waals surface area (Å²) < 4.78 is 5.19. The summed E-state index contributed by atoms with van der Waals surface area (Å²) in [5.41, 5.74) is 0. The van der Waals surface area contributed by atoms with Gasteiger partial charge in [0, 0.05) is 19.5 Å². The maximum absolute atomic E-state index is 9.51. The summed E-state index contributed by atoms with van der Waals surface area (Å²) in [4.78, 5) is 6.41. The highest BCUT2D eigenvalue weighted by molar-refractivity contribution is 5.25.